The molecule has 1 rings (SSSR count). The first kappa shape index (κ1) is 11.1. The molecule has 15 heavy (non-hydrogen) atoms. The van der Waals surface area contributed by atoms with Crippen LogP contribution in [-0.4, -0.2) is 11.3 Å². The van der Waals surface area contributed by atoms with Crippen LogP contribution in [-0.2, 0) is 6.42 Å². The highest BCUT2D eigenvalue weighted by Crippen LogP contribution is 2.18. The first-order valence-corrected chi connectivity index (χ1v) is 3.76. The first-order valence-electron chi connectivity index (χ1n) is 3.76. The number of nitrogens with one attached hydrogen (secondary N) is 1. The molecule has 0 fully saturated rings. The van der Waals surface area contributed by atoms with E-state index in [9.17, 15) is 18.0 Å². The Hall–Kier alpha value is -1.97. The van der Waals surface area contributed by atoms with Gasteiger partial charge in [-0.15, -0.1) is 13.2 Å². The number of alkyl halides is 3. The lowest BCUT2D eigenvalue weighted by Gasteiger charge is -2.07. The van der Waals surface area contributed by atoms with E-state index in [1.54, 1.807) is 6.07 Å². The number of nitriles is 1. The van der Waals surface area contributed by atoms with Crippen LogP contribution >= 0.6 is 0 Å². The van der Waals surface area contributed by atoms with Gasteiger partial charge in [0.25, 0.3) is 0 Å². The second kappa shape index (κ2) is 4.04. The maximum absolute atomic E-state index is 11.7. The number of hydrogen-bond acceptors (Lipinski definition) is 3. The van der Waals surface area contributed by atoms with Crippen LogP contribution in [0.2, 0.25) is 0 Å². The quantitative estimate of drug-likeness (QED) is 0.814. The summed E-state index contributed by atoms with van der Waals surface area (Å²) >= 11 is 0. The average Bonchev–Trinajstić information content (AvgIpc) is 2.08. The highest BCUT2D eigenvalue weighted by molar-refractivity contribution is 5.21. The van der Waals surface area contributed by atoms with Crippen LogP contribution in [0.5, 0.6) is 5.75 Å². The Morgan fingerprint density at radius 1 is 1.53 bits per heavy atom. The molecule has 0 atom stereocenters. The van der Waals surface area contributed by atoms with Gasteiger partial charge in [-0.3, -0.25) is 4.79 Å². The van der Waals surface area contributed by atoms with Crippen LogP contribution in [0.4, 0.5) is 13.2 Å². The molecule has 0 radical (unpaired) electrons. The molecule has 0 aromatic carbocycles. The van der Waals surface area contributed by atoms with Gasteiger partial charge in [-0.2, -0.15) is 5.26 Å². The minimum absolute atomic E-state index is 0.0818. The number of ether oxygens (including phenoxy) is 1. The fourth-order valence-electron chi connectivity index (χ4n) is 0.892. The van der Waals surface area contributed by atoms with Gasteiger partial charge in [-0.1, -0.05) is 0 Å². The molecule has 4 nitrogen and oxygen atoms in total. The van der Waals surface area contributed by atoms with E-state index >= 15 is 0 Å². The molecule has 0 aliphatic heterocycles. The SMILES string of the molecule is N#CCc1cc(=O)c(OC(F)(F)F)c[nH]1. The number of aromatic nitrogens is 1. The molecular weight excluding hydrogens is 213 g/mol. The molecule has 0 saturated heterocycles. The molecule has 0 aliphatic rings. The number of H-pyrrole nitrogens is 1. The highest BCUT2D eigenvalue weighted by atomic mass is 19.4. The highest BCUT2D eigenvalue weighted by Gasteiger charge is 2.32. The topological polar surface area (TPSA) is 65.9 Å². The molecule has 0 amide bonds. The third-order valence-corrected chi connectivity index (χ3v) is 1.43. The fraction of sp³-hybridized carbons (Fsp3) is 0.250. The van der Waals surface area contributed by atoms with Crippen LogP contribution in [0.1, 0.15) is 5.69 Å². The predicted molar refractivity (Wildman–Crippen MR) is 43.1 cm³/mol. The van der Waals surface area contributed by atoms with Crippen LogP contribution in [0.3, 0.4) is 0 Å². The van der Waals surface area contributed by atoms with Crippen LogP contribution in [0.25, 0.3) is 0 Å². The van der Waals surface area contributed by atoms with Crippen molar-refractivity contribution in [1.29, 1.82) is 5.26 Å². The lowest BCUT2D eigenvalue weighted by molar-refractivity contribution is -0.275. The van der Waals surface area contributed by atoms with Crippen molar-refractivity contribution in [1.82, 2.24) is 4.98 Å². The van der Waals surface area contributed by atoms with E-state index in [-0.39, 0.29) is 12.1 Å². The van der Waals surface area contributed by atoms with Gasteiger partial charge in [-0.05, 0) is 0 Å². The van der Waals surface area contributed by atoms with Gasteiger partial charge in [0.1, 0.15) is 0 Å². The van der Waals surface area contributed by atoms with Crippen LogP contribution < -0.4 is 10.2 Å². The van der Waals surface area contributed by atoms with Gasteiger partial charge in [-0.25, -0.2) is 0 Å². The monoisotopic (exact) mass is 218 g/mol. The van der Waals surface area contributed by atoms with Gasteiger partial charge in [0.05, 0.1) is 12.5 Å². The number of halogens is 3. The molecule has 1 aromatic heterocycles. The van der Waals surface area contributed by atoms with E-state index in [0.29, 0.717) is 0 Å². The zero-order valence-corrected chi connectivity index (χ0v) is 7.26. The molecular formula is C8H5F3N2O2. The van der Waals surface area contributed by atoms with Gasteiger partial charge >= 0.3 is 6.36 Å². The molecule has 0 bridgehead atoms. The van der Waals surface area contributed by atoms with Gasteiger partial charge < -0.3 is 9.72 Å². The number of aromatic amines is 1. The van der Waals surface area contributed by atoms with E-state index < -0.39 is 17.5 Å². The summed E-state index contributed by atoms with van der Waals surface area (Å²) in [6, 6.07) is 2.64. The van der Waals surface area contributed by atoms with E-state index in [1.165, 1.54) is 0 Å². The number of nitrogens with zero attached hydrogens (tertiary/aromatic N) is 1. The Bertz CT molecular complexity index is 444. The lowest BCUT2D eigenvalue weighted by Crippen LogP contribution is -2.21. The van der Waals surface area contributed by atoms with Gasteiger partial charge in [0.15, 0.2) is 5.75 Å². The molecule has 0 aliphatic carbocycles. The third kappa shape index (κ3) is 3.34. The van der Waals surface area contributed by atoms with Crippen molar-refractivity contribution in [3.8, 4) is 11.8 Å². The summed E-state index contributed by atoms with van der Waals surface area (Å²) in [6.45, 7) is 0. The minimum Gasteiger partial charge on any atom is -0.400 e. The number of hydrogen-bond donors (Lipinski definition) is 1. The zero-order valence-electron chi connectivity index (χ0n) is 7.26. The van der Waals surface area contributed by atoms with Crippen LogP contribution in [0.15, 0.2) is 17.1 Å². The minimum atomic E-state index is -4.90. The first-order chi connectivity index (χ1) is 6.92. The molecule has 0 saturated carbocycles. The summed E-state index contributed by atoms with van der Waals surface area (Å²) in [4.78, 5) is 13.4. The molecule has 1 heterocycles. The second-order valence-electron chi connectivity index (χ2n) is 2.57. The number of rotatable bonds is 2. The Kier molecular flexibility index (Phi) is 2.99. The van der Waals surface area contributed by atoms with Crippen molar-refractivity contribution in [3.05, 3.63) is 28.2 Å². The van der Waals surface area contributed by atoms with Crippen molar-refractivity contribution >= 4 is 0 Å². The molecule has 7 heteroatoms. The average molecular weight is 218 g/mol. The van der Waals surface area contributed by atoms with Crippen molar-refractivity contribution in [2.75, 3.05) is 0 Å². The van der Waals surface area contributed by atoms with Crippen LogP contribution in [0, 0.1) is 11.3 Å². The summed E-state index contributed by atoms with van der Waals surface area (Å²) in [7, 11) is 0. The standard InChI is InChI=1S/C8H5F3N2O2/c9-8(10,11)15-7-4-13-5(1-2-12)3-6(7)14/h3-4H,1H2,(H,13,14). The predicted octanol–water partition coefficient (Wildman–Crippen LogP) is 1.34. The summed E-state index contributed by atoms with van der Waals surface area (Å²) in [5, 5.41) is 8.28. The summed E-state index contributed by atoms with van der Waals surface area (Å²) in [5.74, 6) is -0.843. The Balaban J connectivity index is 2.95. The smallest absolute Gasteiger partial charge is 0.400 e. The maximum Gasteiger partial charge on any atom is 0.573 e. The van der Waals surface area contributed by atoms with E-state index in [4.69, 9.17) is 5.26 Å². The second-order valence-corrected chi connectivity index (χ2v) is 2.57. The normalized spacial score (nSPS) is 10.8. The van der Waals surface area contributed by atoms with Crippen molar-refractivity contribution < 1.29 is 17.9 Å². The van der Waals surface area contributed by atoms with E-state index in [0.717, 1.165) is 12.3 Å². The molecule has 1 aromatic rings. The summed E-state index contributed by atoms with van der Waals surface area (Å²) < 4.78 is 38.7. The zero-order chi connectivity index (χ0) is 11.5. The largest absolute Gasteiger partial charge is 0.573 e. The van der Waals surface area contributed by atoms with Crippen molar-refractivity contribution in [3.63, 3.8) is 0 Å². The van der Waals surface area contributed by atoms with Gasteiger partial charge in [0.2, 0.25) is 5.43 Å². The molecule has 0 unspecified atom stereocenters. The third-order valence-electron chi connectivity index (χ3n) is 1.43. The van der Waals surface area contributed by atoms with E-state index in [2.05, 4.69) is 9.72 Å². The summed E-state index contributed by atoms with van der Waals surface area (Å²) in [5.41, 5.74) is -0.687. The Labute approximate surface area is 81.9 Å². The van der Waals surface area contributed by atoms with Crippen molar-refractivity contribution in [2.45, 2.75) is 12.8 Å². The molecule has 0 spiro atoms. The molecule has 1 N–H and O–H groups in total. The maximum atomic E-state index is 11.7. The fourth-order valence-corrected chi connectivity index (χ4v) is 0.892. The summed E-state index contributed by atoms with van der Waals surface area (Å²) in [6.07, 6.45) is -4.20. The van der Waals surface area contributed by atoms with Crippen molar-refractivity contribution in [2.24, 2.45) is 0 Å². The van der Waals surface area contributed by atoms with E-state index in [1.807, 2.05) is 0 Å². The molecule has 80 valence electrons. The lowest BCUT2D eigenvalue weighted by atomic mass is 10.3. The van der Waals surface area contributed by atoms with Gasteiger partial charge in [0, 0.05) is 18.0 Å². The Morgan fingerprint density at radius 2 is 2.20 bits per heavy atom. The Morgan fingerprint density at radius 3 is 2.67 bits per heavy atom. The number of pyridine rings is 1.